The van der Waals surface area contributed by atoms with Gasteiger partial charge in [0.2, 0.25) is 11.8 Å². The zero-order valence-electron chi connectivity index (χ0n) is 24.0. The van der Waals surface area contributed by atoms with Gasteiger partial charge in [-0.2, -0.15) is 5.10 Å². The van der Waals surface area contributed by atoms with Gasteiger partial charge in [-0.15, -0.1) is 0 Å². The van der Waals surface area contributed by atoms with Crippen LogP contribution in [0.15, 0.2) is 65.9 Å². The summed E-state index contributed by atoms with van der Waals surface area (Å²) in [5, 5.41) is 21.3. The molecule has 42 heavy (non-hydrogen) atoms. The number of hydrogen-bond donors (Lipinski definition) is 4. The highest BCUT2D eigenvalue weighted by Gasteiger charge is 2.54. The average molecular weight is 573 g/mol. The van der Waals surface area contributed by atoms with Crippen molar-refractivity contribution < 1.29 is 24.3 Å². The summed E-state index contributed by atoms with van der Waals surface area (Å²) >= 11 is 0. The summed E-state index contributed by atoms with van der Waals surface area (Å²) in [4.78, 5) is 57.6. The average Bonchev–Trinajstić information content (AvgIpc) is 3.49. The van der Waals surface area contributed by atoms with Gasteiger partial charge in [-0.1, -0.05) is 48.5 Å². The Balaban J connectivity index is 1.46. The molecule has 5 rings (SSSR count). The number of aromatic nitrogens is 1. The van der Waals surface area contributed by atoms with Gasteiger partial charge in [-0.05, 0) is 44.4 Å². The molecule has 0 saturated carbocycles. The highest BCUT2D eigenvalue weighted by molar-refractivity contribution is 6.14. The number of rotatable bonds is 9. The van der Waals surface area contributed by atoms with Gasteiger partial charge in [0, 0.05) is 49.6 Å². The second-order valence-electron chi connectivity index (χ2n) is 11.5. The molecule has 220 valence electrons. The van der Waals surface area contributed by atoms with Crippen LogP contribution >= 0.6 is 0 Å². The van der Waals surface area contributed by atoms with Crippen LogP contribution in [-0.2, 0) is 27.2 Å². The topological polar surface area (TPSA) is 147 Å². The number of hydrogen-bond acceptors (Lipinski definition) is 5. The summed E-state index contributed by atoms with van der Waals surface area (Å²) in [6.07, 6.45) is 1.48. The van der Waals surface area contributed by atoms with E-state index in [2.05, 4.69) is 20.7 Å². The molecule has 0 spiro atoms. The fourth-order valence-corrected chi connectivity index (χ4v) is 5.94. The molecule has 2 aliphatic heterocycles. The molecule has 2 atom stereocenters. The zero-order chi connectivity index (χ0) is 30.1. The molecule has 0 bridgehead atoms. The first-order chi connectivity index (χ1) is 20.0. The Morgan fingerprint density at radius 2 is 1.83 bits per heavy atom. The van der Waals surface area contributed by atoms with Crippen molar-refractivity contribution in [3.05, 3.63) is 71.9 Å². The van der Waals surface area contributed by atoms with E-state index >= 15 is 0 Å². The van der Waals surface area contributed by atoms with Crippen LogP contribution in [0.5, 0.6) is 0 Å². The minimum Gasteiger partial charge on any atom is -0.465 e. The van der Waals surface area contributed by atoms with Gasteiger partial charge < -0.3 is 25.6 Å². The molecule has 1 saturated heterocycles. The Labute approximate surface area is 243 Å². The van der Waals surface area contributed by atoms with Crippen molar-refractivity contribution in [1.29, 1.82) is 0 Å². The first kappa shape index (κ1) is 28.8. The Morgan fingerprint density at radius 1 is 1.12 bits per heavy atom. The maximum absolute atomic E-state index is 14.3. The number of H-pyrrole nitrogens is 1. The van der Waals surface area contributed by atoms with E-state index in [0.29, 0.717) is 25.9 Å². The van der Waals surface area contributed by atoms with Crippen molar-refractivity contribution in [3.63, 3.8) is 0 Å². The minimum absolute atomic E-state index is 0.131. The smallest absolute Gasteiger partial charge is 0.405 e. The number of aromatic amines is 1. The van der Waals surface area contributed by atoms with Crippen molar-refractivity contribution in [3.8, 4) is 0 Å². The molecule has 3 heterocycles. The number of hydrazone groups is 1. The number of piperidine rings is 1. The van der Waals surface area contributed by atoms with E-state index < -0.39 is 29.0 Å². The van der Waals surface area contributed by atoms with Gasteiger partial charge in [-0.3, -0.25) is 14.4 Å². The van der Waals surface area contributed by atoms with E-state index in [4.69, 9.17) is 0 Å². The predicted octanol–water partition coefficient (Wildman–Crippen LogP) is 2.92. The quantitative estimate of drug-likeness (QED) is 0.311. The molecular formula is C31H36N6O5. The van der Waals surface area contributed by atoms with Gasteiger partial charge in [0.15, 0.2) is 0 Å². The first-order valence-electron chi connectivity index (χ1n) is 14.1. The highest BCUT2D eigenvalue weighted by atomic mass is 16.4. The van der Waals surface area contributed by atoms with Gasteiger partial charge in [0.05, 0.1) is 5.71 Å². The number of amides is 4. The van der Waals surface area contributed by atoms with Gasteiger partial charge in [-0.25, -0.2) is 9.80 Å². The van der Waals surface area contributed by atoms with Crippen LogP contribution in [0.1, 0.15) is 38.3 Å². The molecule has 4 amide bonds. The Hall–Kier alpha value is -4.67. The molecule has 1 fully saturated rings. The lowest BCUT2D eigenvalue weighted by molar-refractivity contribution is -0.143. The lowest BCUT2D eigenvalue weighted by atomic mass is 9.73. The molecule has 11 heteroatoms. The normalized spacial score (nSPS) is 19.3. The third kappa shape index (κ3) is 5.46. The fraction of sp³-hybridized carbons (Fsp3) is 0.387. The number of nitrogens with zero attached hydrogens (tertiary/aromatic N) is 3. The van der Waals surface area contributed by atoms with E-state index in [1.807, 2.05) is 67.7 Å². The maximum atomic E-state index is 14.3. The monoisotopic (exact) mass is 572 g/mol. The van der Waals surface area contributed by atoms with Crippen molar-refractivity contribution >= 4 is 40.4 Å². The van der Waals surface area contributed by atoms with Crippen molar-refractivity contribution in [2.45, 2.75) is 51.6 Å². The number of benzene rings is 2. The van der Waals surface area contributed by atoms with Crippen LogP contribution in [0.25, 0.3) is 10.9 Å². The van der Waals surface area contributed by atoms with E-state index in [1.54, 1.807) is 4.90 Å². The molecule has 0 radical (unpaired) electrons. The van der Waals surface area contributed by atoms with Crippen LogP contribution in [0.3, 0.4) is 0 Å². The number of carbonyl (C=O) groups is 4. The van der Waals surface area contributed by atoms with Crippen LogP contribution in [-0.4, -0.2) is 80.7 Å². The summed E-state index contributed by atoms with van der Waals surface area (Å²) in [5.41, 5.74) is 0.992. The fourth-order valence-electron chi connectivity index (χ4n) is 5.94. The number of carboxylic acid groups (broad SMARTS) is 1. The van der Waals surface area contributed by atoms with Crippen molar-refractivity contribution in [1.82, 2.24) is 25.5 Å². The van der Waals surface area contributed by atoms with E-state index in [1.165, 1.54) is 18.9 Å². The van der Waals surface area contributed by atoms with Gasteiger partial charge >= 0.3 is 6.09 Å². The van der Waals surface area contributed by atoms with Gasteiger partial charge in [0.25, 0.3) is 5.91 Å². The molecule has 0 aliphatic carbocycles. The number of para-hydroxylation sites is 1. The number of carbonyl (C=O) groups excluding carboxylic acids is 3. The van der Waals surface area contributed by atoms with Crippen molar-refractivity contribution in [2.75, 3.05) is 19.6 Å². The molecular weight excluding hydrogens is 536 g/mol. The highest BCUT2D eigenvalue weighted by Crippen LogP contribution is 2.39. The third-order valence-electron chi connectivity index (χ3n) is 8.17. The summed E-state index contributed by atoms with van der Waals surface area (Å²) in [6.45, 7) is 5.66. The second-order valence-corrected chi connectivity index (χ2v) is 11.5. The first-order valence-corrected chi connectivity index (χ1v) is 14.1. The number of fused-ring (bicyclic) bond motifs is 2. The lowest BCUT2D eigenvalue weighted by Crippen LogP contribution is -2.62. The van der Waals surface area contributed by atoms with E-state index in [-0.39, 0.29) is 24.8 Å². The van der Waals surface area contributed by atoms with Crippen LogP contribution in [0, 0.1) is 5.41 Å². The Morgan fingerprint density at radius 3 is 2.55 bits per heavy atom. The Kier molecular flexibility index (Phi) is 7.77. The Bertz CT molecular complexity index is 1550. The largest absolute Gasteiger partial charge is 0.465 e. The SMILES string of the molecule is CCN1N=C2CCN(C(=O)[C@@H](Cc3c[nH]c4ccccc34)NC(=O)C(C)(C)NC(=O)O)CC2(Cc2ccccc2)C1=O. The summed E-state index contributed by atoms with van der Waals surface area (Å²) < 4.78 is 0. The molecule has 1 aromatic heterocycles. The second kappa shape index (κ2) is 11.3. The number of likely N-dealkylation sites (tertiary alicyclic amines) is 1. The summed E-state index contributed by atoms with van der Waals surface area (Å²) in [7, 11) is 0. The molecule has 11 nitrogen and oxygen atoms in total. The summed E-state index contributed by atoms with van der Waals surface area (Å²) in [6, 6.07) is 16.4. The molecule has 1 unspecified atom stereocenters. The van der Waals surface area contributed by atoms with Gasteiger partial charge in [0.1, 0.15) is 17.0 Å². The molecule has 2 aliphatic rings. The van der Waals surface area contributed by atoms with E-state index in [9.17, 15) is 24.3 Å². The molecule has 3 aromatic rings. The number of nitrogens with one attached hydrogen (secondary N) is 3. The summed E-state index contributed by atoms with van der Waals surface area (Å²) in [5.74, 6) is -1.10. The van der Waals surface area contributed by atoms with Crippen LogP contribution in [0.2, 0.25) is 0 Å². The van der Waals surface area contributed by atoms with Crippen molar-refractivity contribution in [2.24, 2.45) is 10.5 Å². The molecule has 2 aromatic carbocycles. The van der Waals surface area contributed by atoms with E-state index in [0.717, 1.165) is 27.7 Å². The standard InChI is InChI=1S/C31H36N6O5/c1-4-37-28(40)31(17-20-10-6-5-7-11-20)19-36(15-14-25(31)35-37)26(38)24(33-27(39)30(2,3)34-29(41)42)16-21-18-32-23-13-9-8-12-22(21)23/h5-13,18,24,32,34H,4,14-17,19H2,1-3H3,(H,33,39)(H,41,42)/t24-,31?/m1/s1. The zero-order valence-corrected chi connectivity index (χ0v) is 24.0. The third-order valence-corrected chi connectivity index (χ3v) is 8.17. The minimum atomic E-state index is -1.48. The predicted molar refractivity (Wildman–Crippen MR) is 158 cm³/mol. The van der Waals surface area contributed by atoms with Crippen LogP contribution < -0.4 is 10.6 Å². The molecule has 4 N–H and O–H groups in total. The lowest BCUT2D eigenvalue weighted by Gasteiger charge is -2.41. The van der Waals surface area contributed by atoms with Crippen LogP contribution in [0.4, 0.5) is 4.79 Å². The maximum Gasteiger partial charge on any atom is 0.405 e.